The summed E-state index contributed by atoms with van der Waals surface area (Å²) in [6.45, 7) is 9.16. The highest BCUT2D eigenvalue weighted by Gasteiger charge is 2.31. The summed E-state index contributed by atoms with van der Waals surface area (Å²) in [4.78, 5) is 9.27. The second-order valence-electron chi connectivity index (χ2n) is 7.02. The van der Waals surface area contributed by atoms with Gasteiger partial charge in [0.2, 0.25) is 0 Å². The quantitative estimate of drug-likeness (QED) is 0.653. The van der Waals surface area contributed by atoms with Crippen molar-refractivity contribution >= 4 is 5.82 Å². The SMILES string of the molecule is CCc1cc(NN)nc(C2CCC(C(C)(C)C)CC2)n1. The number of rotatable bonds is 3. The summed E-state index contributed by atoms with van der Waals surface area (Å²) in [6, 6.07) is 1.93. The minimum absolute atomic E-state index is 0.418. The van der Waals surface area contributed by atoms with Crippen molar-refractivity contribution in [3.05, 3.63) is 17.6 Å². The number of aromatic nitrogens is 2. The maximum atomic E-state index is 5.51. The minimum atomic E-state index is 0.418. The predicted octanol–water partition coefficient (Wildman–Crippen LogP) is 3.64. The second-order valence-corrected chi connectivity index (χ2v) is 7.02. The van der Waals surface area contributed by atoms with Crippen molar-refractivity contribution in [2.45, 2.75) is 65.7 Å². The number of hydrogen-bond acceptors (Lipinski definition) is 4. The summed E-state index contributed by atoms with van der Waals surface area (Å²) in [7, 11) is 0. The van der Waals surface area contributed by atoms with E-state index in [9.17, 15) is 0 Å². The van der Waals surface area contributed by atoms with Gasteiger partial charge in [0, 0.05) is 17.7 Å². The van der Waals surface area contributed by atoms with Crippen molar-refractivity contribution in [1.29, 1.82) is 0 Å². The number of aryl methyl sites for hydroxylation is 1. The summed E-state index contributed by atoms with van der Waals surface area (Å²) >= 11 is 0. The highest BCUT2D eigenvalue weighted by molar-refractivity contribution is 5.35. The first-order valence-corrected chi connectivity index (χ1v) is 7.78. The van der Waals surface area contributed by atoms with Crippen LogP contribution < -0.4 is 11.3 Å². The molecule has 1 aliphatic carbocycles. The third-order valence-corrected chi connectivity index (χ3v) is 4.62. The van der Waals surface area contributed by atoms with Gasteiger partial charge in [0.25, 0.3) is 0 Å². The normalized spacial score (nSPS) is 23.6. The van der Waals surface area contributed by atoms with Gasteiger partial charge < -0.3 is 5.43 Å². The van der Waals surface area contributed by atoms with E-state index >= 15 is 0 Å². The van der Waals surface area contributed by atoms with Gasteiger partial charge in [-0.05, 0) is 43.4 Å². The molecule has 4 heteroatoms. The molecule has 0 unspecified atom stereocenters. The van der Waals surface area contributed by atoms with E-state index in [0.29, 0.717) is 11.3 Å². The van der Waals surface area contributed by atoms with Crippen LogP contribution in [0.5, 0.6) is 0 Å². The molecule has 0 saturated heterocycles. The van der Waals surface area contributed by atoms with Crippen LogP contribution in [0.2, 0.25) is 0 Å². The van der Waals surface area contributed by atoms with Crippen LogP contribution in [-0.2, 0) is 6.42 Å². The van der Waals surface area contributed by atoms with Gasteiger partial charge in [0.1, 0.15) is 11.6 Å². The van der Waals surface area contributed by atoms with Crippen molar-refractivity contribution < 1.29 is 0 Å². The Kier molecular flexibility index (Phi) is 4.63. The van der Waals surface area contributed by atoms with Crippen molar-refractivity contribution in [2.75, 3.05) is 5.43 Å². The lowest BCUT2D eigenvalue weighted by atomic mass is 9.69. The standard InChI is InChI=1S/C16H28N4/c1-5-13-10-14(20-17)19-15(18-13)11-6-8-12(9-7-11)16(2,3)4/h10-12H,5-9,17H2,1-4H3,(H,18,19,20). The van der Waals surface area contributed by atoms with Gasteiger partial charge in [-0.2, -0.15) is 0 Å². The first-order valence-electron chi connectivity index (χ1n) is 7.78. The first kappa shape index (κ1) is 15.2. The van der Waals surface area contributed by atoms with E-state index in [1.165, 1.54) is 25.7 Å². The Balaban J connectivity index is 2.10. The van der Waals surface area contributed by atoms with Gasteiger partial charge in [-0.3, -0.25) is 0 Å². The molecule has 3 N–H and O–H groups in total. The Bertz CT molecular complexity index is 420. The number of hydrazine groups is 1. The van der Waals surface area contributed by atoms with Crippen LogP contribution in [-0.4, -0.2) is 9.97 Å². The molecule has 0 atom stereocenters. The number of hydrogen-bond donors (Lipinski definition) is 2. The Morgan fingerprint density at radius 2 is 1.85 bits per heavy atom. The number of nitrogens with two attached hydrogens (primary N) is 1. The average molecular weight is 276 g/mol. The average Bonchev–Trinajstić information content (AvgIpc) is 2.46. The van der Waals surface area contributed by atoms with Crippen LogP contribution in [0, 0.1) is 11.3 Å². The molecule has 0 bridgehead atoms. The lowest BCUT2D eigenvalue weighted by molar-refractivity contribution is 0.167. The van der Waals surface area contributed by atoms with Crippen LogP contribution in [0.15, 0.2) is 6.07 Å². The van der Waals surface area contributed by atoms with E-state index in [2.05, 4.69) is 38.1 Å². The van der Waals surface area contributed by atoms with E-state index < -0.39 is 0 Å². The van der Waals surface area contributed by atoms with Crippen molar-refractivity contribution in [1.82, 2.24) is 9.97 Å². The van der Waals surface area contributed by atoms with Crippen molar-refractivity contribution in [3.63, 3.8) is 0 Å². The number of nitrogens with zero attached hydrogens (tertiary/aromatic N) is 2. The van der Waals surface area contributed by atoms with E-state index in [-0.39, 0.29) is 0 Å². The van der Waals surface area contributed by atoms with E-state index in [1.807, 2.05) is 6.07 Å². The number of nitrogens with one attached hydrogen (secondary N) is 1. The summed E-state index contributed by atoms with van der Waals surface area (Å²) in [5, 5.41) is 0. The number of anilines is 1. The Labute approximate surface area is 122 Å². The summed E-state index contributed by atoms with van der Waals surface area (Å²) < 4.78 is 0. The van der Waals surface area contributed by atoms with Gasteiger partial charge in [-0.15, -0.1) is 0 Å². The molecule has 1 aromatic heterocycles. The molecule has 112 valence electrons. The number of nitrogen functional groups attached to an aromatic ring is 1. The smallest absolute Gasteiger partial charge is 0.143 e. The zero-order chi connectivity index (χ0) is 14.8. The summed E-state index contributed by atoms with van der Waals surface area (Å²) in [5.74, 6) is 8.54. The van der Waals surface area contributed by atoms with Crippen LogP contribution in [0.1, 0.15) is 70.8 Å². The Morgan fingerprint density at radius 1 is 1.20 bits per heavy atom. The molecule has 0 spiro atoms. The van der Waals surface area contributed by atoms with Gasteiger partial charge in [0.15, 0.2) is 0 Å². The van der Waals surface area contributed by atoms with Crippen LogP contribution in [0.25, 0.3) is 0 Å². The van der Waals surface area contributed by atoms with Crippen LogP contribution >= 0.6 is 0 Å². The third-order valence-electron chi connectivity index (χ3n) is 4.62. The Morgan fingerprint density at radius 3 is 2.35 bits per heavy atom. The maximum absolute atomic E-state index is 5.51. The second kappa shape index (κ2) is 6.08. The van der Waals surface area contributed by atoms with E-state index in [0.717, 1.165) is 29.7 Å². The molecule has 20 heavy (non-hydrogen) atoms. The van der Waals surface area contributed by atoms with Gasteiger partial charge >= 0.3 is 0 Å². The molecular formula is C16H28N4. The first-order chi connectivity index (χ1) is 9.44. The largest absolute Gasteiger partial charge is 0.308 e. The zero-order valence-corrected chi connectivity index (χ0v) is 13.2. The highest BCUT2D eigenvalue weighted by Crippen LogP contribution is 2.42. The fourth-order valence-corrected chi connectivity index (χ4v) is 3.17. The third kappa shape index (κ3) is 3.48. The topological polar surface area (TPSA) is 63.8 Å². The Hall–Kier alpha value is -1.16. The molecule has 0 radical (unpaired) electrons. The summed E-state index contributed by atoms with van der Waals surface area (Å²) in [6.07, 6.45) is 5.86. The predicted molar refractivity (Wildman–Crippen MR) is 83.4 cm³/mol. The highest BCUT2D eigenvalue weighted by atomic mass is 15.3. The summed E-state index contributed by atoms with van der Waals surface area (Å²) in [5.41, 5.74) is 4.15. The molecule has 0 aliphatic heterocycles. The zero-order valence-electron chi connectivity index (χ0n) is 13.2. The molecule has 1 saturated carbocycles. The molecule has 1 heterocycles. The van der Waals surface area contributed by atoms with Crippen LogP contribution in [0.4, 0.5) is 5.82 Å². The van der Waals surface area contributed by atoms with Crippen LogP contribution in [0.3, 0.4) is 0 Å². The minimum Gasteiger partial charge on any atom is -0.308 e. The van der Waals surface area contributed by atoms with E-state index in [1.54, 1.807) is 0 Å². The molecule has 2 rings (SSSR count). The van der Waals surface area contributed by atoms with E-state index in [4.69, 9.17) is 10.8 Å². The fraction of sp³-hybridized carbons (Fsp3) is 0.750. The molecule has 1 fully saturated rings. The molecule has 4 nitrogen and oxygen atoms in total. The fourth-order valence-electron chi connectivity index (χ4n) is 3.17. The molecule has 1 aromatic rings. The van der Waals surface area contributed by atoms with Crippen molar-refractivity contribution in [3.8, 4) is 0 Å². The maximum Gasteiger partial charge on any atom is 0.143 e. The van der Waals surface area contributed by atoms with Crippen molar-refractivity contribution in [2.24, 2.45) is 17.2 Å². The molecule has 1 aliphatic rings. The monoisotopic (exact) mass is 276 g/mol. The molecular weight excluding hydrogens is 248 g/mol. The van der Waals surface area contributed by atoms with Gasteiger partial charge in [-0.25, -0.2) is 15.8 Å². The molecule has 0 amide bonds. The van der Waals surface area contributed by atoms with Gasteiger partial charge in [0.05, 0.1) is 0 Å². The molecule has 0 aromatic carbocycles. The van der Waals surface area contributed by atoms with Gasteiger partial charge in [-0.1, -0.05) is 27.7 Å². The lowest BCUT2D eigenvalue weighted by Gasteiger charge is -2.36. The lowest BCUT2D eigenvalue weighted by Crippen LogP contribution is -2.26.